The number of fused-ring (bicyclic) bond motifs is 2. The van der Waals surface area contributed by atoms with E-state index in [1.54, 1.807) is 16.4 Å². The molecule has 1 aliphatic carbocycles. The molecule has 2 fully saturated rings. The Morgan fingerprint density at radius 1 is 1.06 bits per heavy atom. The fourth-order valence-corrected chi connectivity index (χ4v) is 6.48. The number of nitrogens with zero attached hydrogens (tertiary/aromatic N) is 1. The molecule has 162 valence electrons. The molecule has 2 aliphatic rings. The van der Waals surface area contributed by atoms with Crippen molar-refractivity contribution in [2.75, 3.05) is 13.1 Å². The van der Waals surface area contributed by atoms with Gasteiger partial charge in [-0.05, 0) is 74.9 Å². The second-order valence-electron chi connectivity index (χ2n) is 9.01. The third-order valence-corrected chi connectivity index (χ3v) is 8.92. The zero-order valence-electron chi connectivity index (χ0n) is 18.0. The fourth-order valence-electron chi connectivity index (χ4n) is 4.94. The monoisotopic (exact) mass is 437 g/mol. The molecular formula is C24H27N3O3S. The van der Waals surface area contributed by atoms with E-state index in [-0.39, 0.29) is 17.9 Å². The van der Waals surface area contributed by atoms with Gasteiger partial charge in [-0.2, -0.15) is 4.31 Å². The van der Waals surface area contributed by atoms with Gasteiger partial charge in [-0.1, -0.05) is 17.7 Å². The SMILES string of the molecule is Cc1ccc(S(=O)(=O)N2C[C@H]3C[C@H](NC(=O)c4ccc5[nH]c(C)c(C)c5c4)[C@H]3C2)cc1. The lowest BCUT2D eigenvalue weighted by Gasteiger charge is -2.39. The van der Waals surface area contributed by atoms with Gasteiger partial charge in [-0.3, -0.25) is 4.79 Å². The van der Waals surface area contributed by atoms with Gasteiger partial charge in [0.1, 0.15) is 0 Å². The summed E-state index contributed by atoms with van der Waals surface area (Å²) in [5.74, 6) is 0.384. The summed E-state index contributed by atoms with van der Waals surface area (Å²) in [6, 6.07) is 12.7. The molecule has 31 heavy (non-hydrogen) atoms. The highest BCUT2D eigenvalue weighted by atomic mass is 32.2. The Balaban J connectivity index is 1.28. The molecule has 2 aromatic carbocycles. The molecule has 1 amide bonds. The average Bonchev–Trinajstić information content (AvgIpc) is 3.23. The number of carbonyl (C=O) groups is 1. The van der Waals surface area contributed by atoms with Crippen LogP contribution in [0.25, 0.3) is 10.9 Å². The van der Waals surface area contributed by atoms with Crippen molar-refractivity contribution in [1.29, 1.82) is 0 Å². The van der Waals surface area contributed by atoms with E-state index in [9.17, 15) is 13.2 Å². The highest BCUT2D eigenvalue weighted by Gasteiger charge is 2.50. The summed E-state index contributed by atoms with van der Waals surface area (Å²) in [4.78, 5) is 16.5. The number of aromatic nitrogens is 1. The second kappa shape index (κ2) is 7.21. The summed E-state index contributed by atoms with van der Waals surface area (Å²) < 4.78 is 27.6. The zero-order valence-corrected chi connectivity index (χ0v) is 18.8. The zero-order chi connectivity index (χ0) is 21.9. The standard InChI is InChI=1S/C24H27N3O3S/c1-14-4-7-19(8-5-14)31(29,30)27-12-18-11-23(21(18)13-27)26-24(28)17-6-9-22-20(10-17)15(2)16(3)25-22/h4-10,18,21,23,25H,11-13H2,1-3H3,(H,26,28)/t18-,21+,23+/m1/s1. The molecule has 1 aliphatic heterocycles. The van der Waals surface area contributed by atoms with Crippen molar-refractivity contribution >= 4 is 26.8 Å². The number of hydrogen-bond donors (Lipinski definition) is 2. The minimum Gasteiger partial charge on any atom is -0.358 e. The van der Waals surface area contributed by atoms with Crippen LogP contribution in [0.4, 0.5) is 0 Å². The minimum atomic E-state index is -3.49. The van der Waals surface area contributed by atoms with Crippen molar-refractivity contribution in [3.05, 3.63) is 64.8 Å². The lowest BCUT2D eigenvalue weighted by atomic mass is 9.71. The van der Waals surface area contributed by atoms with Crippen LogP contribution in [-0.4, -0.2) is 42.7 Å². The molecule has 2 heterocycles. The predicted molar refractivity (Wildman–Crippen MR) is 121 cm³/mol. The molecule has 0 bridgehead atoms. The fraction of sp³-hybridized carbons (Fsp3) is 0.375. The molecule has 0 spiro atoms. The van der Waals surface area contributed by atoms with E-state index in [0.717, 1.165) is 34.1 Å². The molecule has 3 atom stereocenters. The molecule has 1 aromatic heterocycles. The maximum absolute atomic E-state index is 13.0. The third-order valence-electron chi connectivity index (χ3n) is 7.08. The van der Waals surface area contributed by atoms with E-state index in [2.05, 4.69) is 10.3 Å². The van der Waals surface area contributed by atoms with E-state index in [1.165, 1.54) is 0 Å². The molecule has 0 unspecified atom stereocenters. The number of aryl methyl sites for hydroxylation is 3. The van der Waals surface area contributed by atoms with Crippen molar-refractivity contribution in [3.8, 4) is 0 Å². The number of nitrogens with one attached hydrogen (secondary N) is 2. The third kappa shape index (κ3) is 3.36. The van der Waals surface area contributed by atoms with E-state index in [4.69, 9.17) is 0 Å². The van der Waals surface area contributed by atoms with E-state index >= 15 is 0 Å². The Morgan fingerprint density at radius 3 is 2.55 bits per heavy atom. The largest absolute Gasteiger partial charge is 0.358 e. The first-order valence-corrected chi connectivity index (χ1v) is 12.1. The van der Waals surface area contributed by atoms with Crippen LogP contribution >= 0.6 is 0 Å². The van der Waals surface area contributed by atoms with Crippen molar-refractivity contribution in [1.82, 2.24) is 14.6 Å². The Kier molecular flexibility index (Phi) is 4.71. The van der Waals surface area contributed by atoms with E-state index in [0.29, 0.717) is 29.5 Å². The lowest BCUT2D eigenvalue weighted by molar-refractivity contribution is 0.0833. The summed E-state index contributed by atoms with van der Waals surface area (Å²) in [6.07, 6.45) is 0.820. The molecule has 6 nitrogen and oxygen atoms in total. The number of aromatic amines is 1. The molecule has 5 rings (SSSR count). The van der Waals surface area contributed by atoms with Crippen LogP contribution in [-0.2, 0) is 10.0 Å². The normalized spacial score (nSPS) is 23.5. The van der Waals surface area contributed by atoms with Gasteiger partial charge in [-0.15, -0.1) is 0 Å². The van der Waals surface area contributed by atoms with Gasteiger partial charge in [-0.25, -0.2) is 8.42 Å². The number of carbonyl (C=O) groups excluding carboxylic acids is 1. The number of benzene rings is 2. The van der Waals surface area contributed by atoms with Crippen molar-refractivity contribution < 1.29 is 13.2 Å². The minimum absolute atomic E-state index is 0.0143. The first-order valence-electron chi connectivity index (χ1n) is 10.7. The average molecular weight is 438 g/mol. The first kappa shape index (κ1) is 20.3. The molecule has 0 radical (unpaired) electrons. The Morgan fingerprint density at radius 2 is 1.81 bits per heavy atom. The Labute approximate surface area is 182 Å². The van der Waals surface area contributed by atoms with Gasteiger partial charge < -0.3 is 10.3 Å². The highest BCUT2D eigenvalue weighted by molar-refractivity contribution is 7.89. The number of amides is 1. The Hall–Kier alpha value is -2.64. The van der Waals surface area contributed by atoms with Gasteiger partial charge >= 0.3 is 0 Å². The lowest BCUT2D eigenvalue weighted by Crippen LogP contribution is -2.52. The van der Waals surface area contributed by atoms with Crippen LogP contribution in [0.3, 0.4) is 0 Å². The molecule has 7 heteroatoms. The number of sulfonamides is 1. The van der Waals surface area contributed by atoms with Crippen LogP contribution in [0.5, 0.6) is 0 Å². The van der Waals surface area contributed by atoms with Crippen molar-refractivity contribution in [2.45, 2.75) is 38.1 Å². The van der Waals surface area contributed by atoms with E-state index < -0.39 is 10.0 Å². The molecule has 2 N–H and O–H groups in total. The summed E-state index contributed by atoms with van der Waals surface area (Å²) >= 11 is 0. The first-order chi connectivity index (χ1) is 14.7. The van der Waals surface area contributed by atoms with E-state index in [1.807, 2.05) is 51.1 Å². The summed E-state index contributed by atoms with van der Waals surface area (Å²) in [7, 11) is -3.49. The number of H-pyrrole nitrogens is 1. The molecular weight excluding hydrogens is 410 g/mol. The van der Waals surface area contributed by atoms with Gasteiger partial charge in [0.15, 0.2) is 0 Å². The van der Waals surface area contributed by atoms with Crippen molar-refractivity contribution in [3.63, 3.8) is 0 Å². The molecule has 1 saturated heterocycles. The predicted octanol–water partition coefficient (Wildman–Crippen LogP) is 3.53. The van der Waals surface area contributed by atoms with Crippen LogP contribution in [0.15, 0.2) is 47.4 Å². The summed E-state index contributed by atoms with van der Waals surface area (Å²) in [6.45, 7) is 7.01. The van der Waals surface area contributed by atoms with Gasteiger partial charge in [0.25, 0.3) is 5.91 Å². The van der Waals surface area contributed by atoms with Crippen molar-refractivity contribution in [2.24, 2.45) is 11.8 Å². The van der Waals surface area contributed by atoms with Gasteiger partial charge in [0.2, 0.25) is 10.0 Å². The Bertz CT molecular complexity index is 1280. The molecule has 3 aromatic rings. The topological polar surface area (TPSA) is 82.3 Å². The van der Waals surface area contributed by atoms with Crippen LogP contribution in [0, 0.1) is 32.6 Å². The van der Waals surface area contributed by atoms with Crippen LogP contribution < -0.4 is 5.32 Å². The summed E-state index contributed by atoms with van der Waals surface area (Å²) in [5, 5.41) is 4.21. The number of hydrogen-bond acceptors (Lipinski definition) is 3. The second-order valence-corrected chi connectivity index (χ2v) is 10.9. The van der Waals surface area contributed by atoms with Crippen LogP contribution in [0.1, 0.15) is 33.6 Å². The summed E-state index contributed by atoms with van der Waals surface area (Å²) in [5.41, 5.74) is 4.96. The quantitative estimate of drug-likeness (QED) is 0.655. The smallest absolute Gasteiger partial charge is 0.251 e. The van der Waals surface area contributed by atoms with Gasteiger partial charge in [0.05, 0.1) is 4.90 Å². The number of rotatable bonds is 4. The van der Waals surface area contributed by atoms with Crippen LogP contribution in [0.2, 0.25) is 0 Å². The maximum Gasteiger partial charge on any atom is 0.251 e. The van der Waals surface area contributed by atoms with Gasteiger partial charge in [0, 0.05) is 41.3 Å². The maximum atomic E-state index is 13.0. The highest BCUT2D eigenvalue weighted by Crippen LogP contribution is 2.43. The molecule has 1 saturated carbocycles.